The van der Waals surface area contributed by atoms with Gasteiger partial charge in [-0.3, -0.25) is 0 Å². The van der Waals surface area contributed by atoms with Crippen LogP contribution in [0.25, 0.3) is 11.4 Å². The van der Waals surface area contributed by atoms with Crippen LogP contribution < -0.4 is 19.5 Å². The summed E-state index contributed by atoms with van der Waals surface area (Å²) in [6.45, 7) is 0. The zero-order chi connectivity index (χ0) is 15.4. The minimum atomic E-state index is 0.499. The summed E-state index contributed by atoms with van der Waals surface area (Å²) >= 11 is 3.39. The molecular formula is C14H16BrN3O3. The Morgan fingerprint density at radius 3 is 2.14 bits per heavy atom. The SMILES string of the molecule is CNc1nc(-c2c(OC)cc(OC)cc2OC)ncc1Br. The fraction of sp³-hybridized carbons (Fsp3) is 0.286. The first-order chi connectivity index (χ1) is 10.1. The molecule has 6 nitrogen and oxygen atoms in total. The van der Waals surface area contributed by atoms with Gasteiger partial charge in [-0.05, 0) is 15.9 Å². The Morgan fingerprint density at radius 2 is 1.67 bits per heavy atom. The molecule has 1 aromatic carbocycles. The molecule has 0 saturated carbocycles. The van der Waals surface area contributed by atoms with Crippen molar-refractivity contribution >= 4 is 21.7 Å². The zero-order valence-corrected chi connectivity index (χ0v) is 13.8. The average Bonchev–Trinajstić information content (AvgIpc) is 2.54. The fourth-order valence-electron chi connectivity index (χ4n) is 1.89. The highest BCUT2D eigenvalue weighted by Gasteiger charge is 2.18. The smallest absolute Gasteiger partial charge is 0.169 e. The number of ether oxygens (including phenoxy) is 3. The predicted molar refractivity (Wildman–Crippen MR) is 84.4 cm³/mol. The summed E-state index contributed by atoms with van der Waals surface area (Å²) in [5.74, 6) is 2.98. The molecule has 0 atom stereocenters. The summed E-state index contributed by atoms with van der Waals surface area (Å²) in [5, 5.41) is 3.00. The van der Waals surface area contributed by atoms with Gasteiger partial charge in [-0.15, -0.1) is 0 Å². The molecule has 0 spiro atoms. The third-order valence-corrected chi connectivity index (χ3v) is 3.50. The lowest BCUT2D eigenvalue weighted by molar-refractivity contribution is 0.377. The summed E-state index contributed by atoms with van der Waals surface area (Å²) in [7, 11) is 6.54. The van der Waals surface area contributed by atoms with Gasteiger partial charge in [0.2, 0.25) is 0 Å². The summed E-state index contributed by atoms with van der Waals surface area (Å²) < 4.78 is 16.8. The van der Waals surface area contributed by atoms with Gasteiger partial charge >= 0.3 is 0 Å². The summed E-state index contributed by atoms with van der Waals surface area (Å²) in [5.41, 5.74) is 0.671. The standard InChI is InChI=1S/C14H16BrN3O3/c1-16-13-9(15)7-17-14(18-13)12-10(20-3)5-8(19-2)6-11(12)21-4/h5-7H,1-4H3,(H,16,17,18). The number of methoxy groups -OCH3 is 3. The molecule has 1 N–H and O–H groups in total. The van der Waals surface area contributed by atoms with Crippen LogP contribution in [0.4, 0.5) is 5.82 Å². The van der Waals surface area contributed by atoms with E-state index in [-0.39, 0.29) is 0 Å². The van der Waals surface area contributed by atoms with Crippen LogP contribution in [0.15, 0.2) is 22.8 Å². The third-order valence-electron chi connectivity index (χ3n) is 2.92. The van der Waals surface area contributed by atoms with Crippen LogP contribution in [-0.2, 0) is 0 Å². The molecule has 2 rings (SSSR count). The van der Waals surface area contributed by atoms with E-state index in [1.54, 1.807) is 46.7 Å². The number of aromatic nitrogens is 2. The maximum absolute atomic E-state index is 5.42. The van der Waals surface area contributed by atoms with Crippen molar-refractivity contribution in [1.82, 2.24) is 9.97 Å². The second-order valence-corrected chi connectivity index (χ2v) is 4.90. The van der Waals surface area contributed by atoms with Gasteiger partial charge in [0.1, 0.15) is 28.6 Å². The van der Waals surface area contributed by atoms with E-state index in [0.717, 1.165) is 4.47 Å². The molecule has 0 aliphatic carbocycles. The summed E-state index contributed by atoms with van der Waals surface area (Å²) in [4.78, 5) is 8.79. The van der Waals surface area contributed by atoms with Gasteiger partial charge in [-0.1, -0.05) is 0 Å². The number of halogens is 1. The Balaban J connectivity index is 2.66. The largest absolute Gasteiger partial charge is 0.496 e. The third kappa shape index (κ3) is 3.02. The summed E-state index contributed by atoms with van der Waals surface area (Å²) in [6, 6.07) is 3.53. The Labute approximate surface area is 131 Å². The molecule has 0 amide bonds. The highest BCUT2D eigenvalue weighted by molar-refractivity contribution is 9.10. The maximum atomic E-state index is 5.42. The van der Waals surface area contributed by atoms with Crippen LogP contribution in [0, 0.1) is 0 Å². The molecular weight excluding hydrogens is 338 g/mol. The van der Waals surface area contributed by atoms with E-state index in [4.69, 9.17) is 14.2 Å². The number of hydrogen-bond donors (Lipinski definition) is 1. The van der Waals surface area contributed by atoms with Crippen molar-refractivity contribution in [3.8, 4) is 28.6 Å². The van der Waals surface area contributed by atoms with E-state index in [2.05, 4.69) is 31.2 Å². The van der Waals surface area contributed by atoms with Crippen LogP contribution in [0.1, 0.15) is 0 Å². The van der Waals surface area contributed by atoms with Crippen molar-refractivity contribution in [3.63, 3.8) is 0 Å². The topological polar surface area (TPSA) is 65.5 Å². The number of benzene rings is 1. The van der Waals surface area contributed by atoms with E-state index in [1.807, 2.05) is 0 Å². The molecule has 0 saturated heterocycles. The average molecular weight is 354 g/mol. The molecule has 112 valence electrons. The van der Waals surface area contributed by atoms with E-state index in [1.165, 1.54) is 0 Å². The van der Waals surface area contributed by atoms with Crippen molar-refractivity contribution in [3.05, 3.63) is 22.8 Å². The molecule has 2 aromatic rings. The molecule has 0 fully saturated rings. The lowest BCUT2D eigenvalue weighted by Gasteiger charge is -2.14. The predicted octanol–water partition coefficient (Wildman–Crippen LogP) is 2.97. The highest BCUT2D eigenvalue weighted by Crippen LogP contribution is 2.40. The zero-order valence-electron chi connectivity index (χ0n) is 12.2. The van der Waals surface area contributed by atoms with Crippen LogP contribution in [-0.4, -0.2) is 38.3 Å². The Hall–Kier alpha value is -2.02. The minimum absolute atomic E-state index is 0.499. The van der Waals surface area contributed by atoms with Crippen LogP contribution in [0.2, 0.25) is 0 Å². The van der Waals surface area contributed by atoms with Crippen molar-refractivity contribution in [1.29, 1.82) is 0 Å². The molecule has 7 heteroatoms. The van der Waals surface area contributed by atoms with E-state index < -0.39 is 0 Å². The van der Waals surface area contributed by atoms with Crippen molar-refractivity contribution in [2.24, 2.45) is 0 Å². The molecule has 0 aliphatic rings. The molecule has 21 heavy (non-hydrogen) atoms. The van der Waals surface area contributed by atoms with Crippen LogP contribution >= 0.6 is 15.9 Å². The van der Waals surface area contributed by atoms with Gasteiger partial charge in [-0.25, -0.2) is 9.97 Å². The molecule has 0 radical (unpaired) electrons. The van der Waals surface area contributed by atoms with Gasteiger partial charge in [0.05, 0.1) is 25.8 Å². The van der Waals surface area contributed by atoms with E-state index in [9.17, 15) is 0 Å². The Kier molecular flexibility index (Phi) is 4.85. The lowest BCUT2D eigenvalue weighted by atomic mass is 10.1. The number of hydrogen-bond acceptors (Lipinski definition) is 6. The molecule has 1 heterocycles. The Bertz CT molecular complexity index is 624. The second kappa shape index (κ2) is 6.62. The highest BCUT2D eigenvalue weighted by atomic mass is 79.9. The van der Waals surface area contributed by atoms with Gasteiger partial charge in [0.25, 0.3) is 0 Å². The van der Waals surface area contributed by atoms with E-state index >= 15 is 0 Å². The Morgan fingerprint density at radius 1 is 1.05 bits per heavy atom. The molecule has 0 bridgehead atoms. The van der Waals surface area contributed by atoms with Gasteiger partial charge in [0.15, 0.2) is 5.82 Å². The first-order valence-corrected chi connectivity index (χ1v) is 6.94. The number of nitrogens with zero attached hydrogens (tertiary/aromatic N) is 2. The lowest BCUT2D eigenvalue weighted by Crippen LogP contribution is -2.01. The van der Waals surface area contributed by atoms with Gasteiger partial charge in [0, 0.05) is 25.4 Å². The normalized spacial score (nSPS) is 10.1. The summed E-state index contributed by atoms with van der Waals surface area (Å²) in [6.07, 6.45) is 1.68. The fourth-order valence-corrected chi connectivity index (χ4v) is 2.28. The number of nitrogens with one attached hydrogen (secondary N) is 1. The molecule has 0 aliphatic heterocycles. The number of rotatable bonds is 5. The maximum Gasteiger partial charge on any atom is 0.169 e. The van der Waals surface area contributed by atoms with Crippen molar-refractivity contribution in [2.75, 3.05) is 33.7 Å². The monoisotopic (exact) mass is 353 g/mol. The van der Waals surface area contributed by atoms with Crippen molar-refractivity contribution < 1.29 is 14.2 Å². The first kappa shape index (κ1) is 15.4. The number of anilines is 1. The van der Waals surface area contributed by atoms with Crippen molar-refractivity contribution in [2.45, 2.75) is 0 Å². The first-order valence-electron chi connectivity index (χ1n) is 6.15. The van der Waals surface area contributed by atoms with Crippen LogP contribution in [0.3, 0.4) is 0 Å². The quantitative estimate of drug-likeness (QED) is 0.891. The van der Waals surface area contributed by atoms with E-state index in [0.29, 0.717) is 34.5 Å². The minimum Gasteiger partial charge on any atom is -0.496 e. The van der Waals surface area contributed by atoms with Crippen LogP contribution in [0.5, 0.6) is 17.2 Å². The molecule has 1 aromatic heterocycles. The van der Waals surface area contributed by atoms with Gasteiger partial charge < -0.3 is 19.5 Å². The second-order valence-electron chi connectivity index (χ2n) is 4.05. The van der Waals surface area contributed by atoms with Gasteiger partial charge in [-0.2, -0.15) is 0 Å². The molecule has 0 unspecified atom stereocenters.